The number of aliphatic hydroxyl groups is 1. The average Bonchev–Trinajstić information content (AvgIpc) is 3.03. The molecule has 126 valence electrons. The molecule has 0 bridgehead atoms. The van der Waals surface area contributed by atoms with Gasteiger partial charge in [0.1, 0.15) is 0 Å². The zero-order valence-corrected chi connectivity index (χ0v) is 13.7. The quantitative estimate of drug-likeness (QED) is 0.508. The molecule has 1 aromatic carbocycles. The Morgan fingerprint density at radius 3 is 2.74 bits per heavy atom. The Hall–Kier alpha value is -2.01. The van der Waals surface area contributed by atoms with Gasteiger partial charge < -0.3 is 20.6 Å². The van der Waals surface area contributed by atoms with Crippen LogP contribution in [0.3, 0.4) is 0 Å². The van der Waals surface area contributed by atoms with Crippen molar-refractivity contribution in [1.29, 1.82) is 0 Å². The molecule has 0 saturated heterocycles. The van der Waals surface area contributed by atoms with Crippen LogP contribution in [-0.2, 0) is 0 Å². The first-order valence-electron chi connectivity index (χ1n) is 8.36. The van der Waals surface area contributed by atoms with Crippen LogP contribution in [0.1, 0.15) is 19.8 Å². The van der Waals surface area contributed by atoms with Crippen molar-refractivity contribution in [1.82, 2.24) is 10.6 Å². The zero-order chi connectivity index (χ0) is 16.5. The van der Waals surface area contributed by atoms with Crippen LogP contribution in [0.25, 0.3) is 0 Å². The van der Waals surface area contributed by atoms with Crippen LogP contribution in [0, 0.1) is 5.92 Å². The molecule has 0 aliphatic heterocycles. The highest BCUT2D eigenvalue weighted by Gasteiger charge is 2.19. The van der Waals surface area contributed by atoms with Gasteiger partial charge in [0.25, 0.3) is 0 Å². The number of aliphatic hydroxyl groups excluding tert-OH is 1. The number of nitrogens with zero attached hydrogens (tertiary/aromatic N) is 1. The molecule has 5 nitrogen and oxygen atoms in total. The molecule has 1 aliphatic rings. The van der Waals surface area contributed by atoms with Crippen molar-refractivity contribution >= 4 is 11.7 Å². The number of nitrogens with one attached hydrogen (secondary N) is 2. The number of hydrogen-bond donors (Lipinski definition) is 3. The Morgan fingerprint density at radius 1 is 1.30 bits per heavy atom. The summed E-state index contributed by atoms with van der Waals surface area (Å²) in [5.41, 5.74) is 1.21. The highest BCUT2D eigenvalue weighted by molar-refractivity contribution is 5.74. The number of benzene rings is 1. The minimum atomic E-state index is -0.138. The molecule has 0 fully saturated rings. The number of carbonyl (C=O) groups excluding carboxylic acids is 1. The summed E-state index contributed by atoms with van der Waals surface area (Å²) in [4.78, 5) is 14.1. The first-order chi connectivity index (χ1) is 11.2. The molecular formula is C18H27N3O2. The van der Waals surface area contributed by atoms with E-state index in [0.717, 1.165) is 25.9 Å². The molecule has 5 heteroatoms. The lowest BCUT2D eigenvalue weighted by molar-refractivity contribution is 0.231. The molecule has 2 rings (SSSR count). The van der Waals surface area contributed by atoms with Gasteiger partial charge in [0.2, 0.25) is 0 Å². The number of amides is 2. The van der Waals surface area contributed by atoms with Gasteiger partial charge in [-0.15, -0.1) is 0 Å². The molecule has 0 unspecified atom stereocenters. The average molecular weight is 317 g/mol. The van der Waals surface area contributed by atoms with E-state index in [-0.39, 0.29) is 24.6 Å². The van der Waals surface area contributed by atoms with Crippen LogP contribution >= 0.6 is 0 Å². The summed E-state index contributed by atoms with van der Waals surface area (Å²) < 4.78 is 0. The van der Waals surface area contributed by atoms with E-state index in [1.807, 2.05) is 30.4 Å². The third-order valence-electron chi connectivity index (χ3n) is 4.12. The number of urea groups is 1. The Kier molecular flexibility index (Phi) is 6.94. The van der Waals surface area contributed by atoms with Crippen molar-refractivity contribution in [3.63, 3.8) is 0 Å². The van der Waals surface area contributed by atoms with Crippen molar-refractivity contribution in [2.24, 2.45) is 5.92 Å². The number of anilines is 1. The Morgan fingerprint density at radius 2 is 2.09 bits per heavy atom. The van der Waals surface area contributed by atoms with Gasteiger partial charge in [-0.2, -0.15) is 0 Å². The highest BCUT2D eigenvalue weighted by atomic mass is 16.3. The Bertz CT molecular complexity index is 504. The predicted molar refractivity (Wildman–Crippen MR) is 93.6 cm³/mol. The fourth-order valence-electron chi connectivity index (χ4n) is 2.82. The summed E-state index contributed by atoms with van der Waals surface area (Å²) in [6, 6.07) is 10.2. The zero-order valence-electron chi connectivity index (χ0n) is 13.7. The van der Waals surface area contributed by atoms with Crippen LogP contribution in [0.4, 0.5) is 10.5 Å². The van der Waals surface area contributed by atoms with E-state index in [2.05, 4.69) is 34.6 Å². The van der Waals surface area contributed by atoms with Gasteiger partial charge in [-0.3, -0.25) is 0 Å². The SMILES string of the molecule is CCN(CCCNC(=O)N[C@@H]1C=C[C@H](CO)C1)c1ccccc1. The maximum atomic E-state index is 11.8. The van der Waals surface area contributed by atoms with Gasteiger partial charge in [0.05, 0.1) is 0 Å². The maximum Gasteiger partial charge on any atom is 0.315 e. The molecule has 1 aliphatic carbocycles. The Labute approximate surface area is 138 Å². The van der Waals surface area contributed by atoms with Gasteiger partial charge in [-0.05, 0) is 31.9 Å². The molecule has 0 saturated carbocycles. The van der Waals surface area contributed by atoms with Gasteiger partial charge in [0, 0.05) is 43.9 Å². The van der Waals surface area contributed by atoms with Crippen molar-refractivity contribution in [3.05, 3.63) is 42.5 Å². The summed E-state index contributed by atoms with van der Waals surface area (Å²) >= 11 is 0. The van der Waals surface area contributed by atoms with E-state index in [4.69, 9.17) is 5.11 Å². The number of rotatable bonds is 8. The molecule has 2 atom stereocenters. The number of hydrogen-bond acceptors (Lipinski definition) is 3. The van der Waals surface area contributed by atoms with E-state index < -0.39 is 0 Å². The highest BCUT2D eigenvalue weighted by Crippen LogP contribution is 2.16. The van der Waals surface area contributed by atoms with Crippen LogP contribution < -0.4 is 15.5 Å². The minimum Gasteiger partial charge on any atom is -0.396 e. The molecule has 0 spiro atoms. The van der Waals surface area contributed by atoms with Crippen molar-refractivity contribution in [3.8, 4) is 0 Å². The van der Waals surface area contributed by atoms with Crippen LogP contribution in [0.15, 0.2) is 42.5 Å². The lowest BCUT2D eigenvalue weighted by Gasteiger charge is -2.23. The first kappa shape index (κ1) is 17.3. The van der Waals surface area contributed by atoms with Gasteiger partial charge in [0.15, 0.2) is 0 Å². The van der Waals surface area contributed by atoms with Crippen LogP contribution in [-0.4, -0.2) is 43.4 Å². The monoisotopic (exact) mass is 317 g/mol. The predicted octanol–water partition coefficient (Wildman–Crippen LogP) is 2.14. The fraction of sp³-hybridized carbons (Fsp3) is 0.500. The molecule has 0 radical (unpaired) electrons. The molecule has 0 heterocycles. The van der Waals surface area contributed by atoms with Crippen molar-refractivity contribution in [2.75, 3.05) is 31.1 Å². The summed E-state index contributed by atoms with van der Waals surface area (Å²) in [6.07, 6.45) is 5.59. The van der Waals surface area contributed by atoms with E-state index in [9.17, 15) is 4.79 Å². The maximum absolute atomic E-state index is 11.8. The lowest BCUT2D eigenvalue weighted by atomic mass is 10.1. The molecule has 3 N–H and O–H groups in total. The van der Waals surface area contributed by atoms with E-state index in [0.29, 0.717) is 6.54 Å². The van der Waals surface area contributed by atoms with Crippen molar-refractivity contribution in [2.45, 2.75) is 25.8 Å². The van der Waals surface area contributed by atoms with E-state index in [1.54, 1.807) is 0 Å². The largest absolute Gasteiger partial charge is 0.396 e. The second kappa shape index (κ2) is 9.20. The standard InChI is InChI=1S/C18H27N3O2/c1-2-21(17-7-4-3-5-8-17)12-6-11-19-18(23)20-16-10-9-15(13-16)14-22/h3-5,7-10,15-16,22H,2,6,11-14H2,1H3,(H2,19,20,23)/t15-,16+/m0/s1. The van der Waals surface area contributed by atoms with Gasteiger partial charge >= 0.3 is 6.03 Å². The topological polar surface area (TPSA) is 64.6 Å². The van der Waals surface area contributed by atoms with Crippen LogP contribution in [0.2, 0.25) is 0 Å². The minimum absolute atomic E-state index is 0.0311. The second-order valence-corrected chi connectivity index (χ2v) is 5.84. The number of carbonyl (C=O) groups is 1. The summed E-state index contributed by atoms with van der Waals surface area (Å²) in [5.74, 6) is 0.171. The molecule has 2 amide bonds. The van der Waals surface area contributed by atoms with E-state index >= 15 is 0 Å². The molecular weight excluding hydrogens is 290 g/mol. The number of para-hydroxylation sites is 1. The third-order valence-corrected chi connectivity index (χ3v) is 4.12. The van der Waals surface area contributed by atoms with Gasteiger partial charge in [-0.1, -0.05) is 30.4 Å². The second-order valence-electron chi connectivity index (χ2n) is 5.84. The summed E-state index contributed by atoms with van der Waals surface area (Å²) in [7, 11) is 0. The first-order valence-corrected chi connectivity index (χ1v) is 8.36. The smallest absolute Gasteiger partial charge is 0.315 e. The lowest BCUT2D eigenvalue weighted by Crippen LogP contribution is -2.41. The molecule has 1 aromatic rings. The Balaban J connectivity index is 1.63. The van der Waals surface area contributed by atoms with Crippen molar-refractivity contribution < 1.29 is 9.90 Å². The molecule has 23 heavy (non-hydrogen) atoms. The van der Waals surface area contributed by atoms with Gasteiger partial charge in [-0.25, -0.2) is 4.79 Å². The normalized spacial score (nSPS) is 19.6. The summed E-state index contributed by atoms with van der Waals surface area (Å²) in [5, 5.41) is 14.9. The molecule has 0 aromatic heterocycles. The third kappa shape index (κ3) is 5.60. The van der Waals surface area contributed by atoms with Crippen LogP contribution in [0.5, 0.6) is 0 Å². The fourth-order valence-corrected chi connectivity index (χ4v) is 2.82. The summed E-state index contributed by atoms with van der Waals surface area (Å²) in [6.45, 7) is 4.79. The van der Waals surface area contributed by atoms with E-state index in [1.165, 1.54) is 5.69 Å².